The minimum absolute atomic E-state index is 0.0916. The van der Waals surface area contributed by atoms with Crippen LogP contribution in [0.1, 0.15) is 63.3 Å². The maximum absolute atomic E-state index is 13.8. The fraction of sp³-hybridized carbons (Fsp3) is 0.519. The largest absolute Gasteiger partial charge is 0.481 e. The van der Waals surface area contributed by atoms with Gasteiger partial charge >= 0.3 is 12.6 Å². The van der Waals surface area contributed by atoms with Crippen molar-refractivity contribution in [1.82, 2.24) is 9.88 Å². The van der Waals surface area contributed by atoms with Crippen LogP contribution >= 0.6 is 0 Å². The van der Waals surface area contributed by atoms with E-state index in [9.17, 15) is 23.5 Å². The zero-order valence-corrected chi connectivity index (χ0v) is 21.5. The number of carbonyl (C=O) groups excluding carboxylic acids is 1. The zero-order valence-electron chi connectivity index (χ0n) is 21.5. The molecule has 1 saturated heterocycles. The number of halogens is 2. The Kier molecular flexibility index (Phi) is 8.33. The molecule has 1 aromatic carbocycles. The first-order valence-electron chi connectivity index (χ1n) is 12.1. The second kappa shape index (κ2) is 10.9. The molecule has 2 aromatic rings. The molecule has 0 saturated carbocycles. The molecule has 0 aliphatic carbocycles. The van der Waals surface area contributed by atoms with Crippen molar-refractivity contribution in [3.8, 4) is 5.88 Å². The number of amides is 1. The van der Waals surface area contributed by atoms with Gasteiger partial charge in [0, 0.05) is 18.8 Å². The Balaban J connectivity index is 1.86. The van der Waals surface area contributed by atoms with E-state index in [4.69, 9.17) is 0 Å². The van der Waals surface area contributed by atoms with E-state index in [1.54, 1.807) is 26.8 Å². The smallest absolute Gasteiger partial charge is 0.388 e. The van der Waals surface area contributed by atoms with E-state index in [2.05, 4.69) is 33.8 Å². The van der Waals surface area contributed by atoms with Crippen LogP contribution in [-0.2, 0) is 15.0 Å². The van der Waals surface area contributed by atoms with Crippen LogP contribution in [0.2, 0.25) is 0 Å². The van der Waals surface area contributed by atoms with Gasteiger partial charge in [0.25, 0.3) is 0 Å². The molecule has 36 heavy (non-hydrogen) atoms. The van der Waals surface area contributed by atoms with Crippen LogP contribution in [0.5, 0.6) is 5.88 Å². The number of hydrogen-bond acceptors (Lipinski definition) is 5. The van der Waals surface area contributed by atoms with Gasteiger partial charge in [0.1, 0.15) is 5.69 Å². The molecule has 0 radical (unpaired) electrons. The Hall–Kier alpha value is -3.07. The highest BCUT2D eigenvalue weighted by molar-refractivity contribution is 6.01. The number of nitrogens with one attached hydrogen (secondary N) is 1. The number of nitrogens with zero attached hydrogens (tertiary/aromatic N) is 2. The van der Waals surface area contributed by atoms with E-state index in [1.807, 2.05) is 24.3 Å². The molecule has 7 nitrogen and oxygen atoms in total. The monoisotopic (exact) mass is 503 g/mol. The third kappa shape index (κ3) is 6.00. The Morgan fingerprint density at radius 3 is 2.47 bits per heavy atom. The number of ether oxygens (including phenoxy) is 1. The Bertz CT molecular complexity index is 1100. The quantitative estimate of drug-likeness (QED) is 0.438. The number of aryl methyl sites for hydroxylation is 1. The number of aromatic nitrogens is 1. The van der Waals surface area contributed by atoms with E-state index < -0.39 is 23.4 Å². The summed E-state index contributed by atoms with van der Waals surface area (Å²) >= 11 is 0. The lowest BCUT2D eigenvalue weighted by molar-refractivity contribution is -0.147. The Morgan fingerprint density at radius 2 is 1.86 bits per heavy atom. The number of carbonyl (C=O) groups is 2. The summed E-state index contributed by atoms with van der Waals surface area (Å²) in [7, 11) is 0. The lowest BCUT2D eigenvalue weighted by atomic mass is 9.69. The Morgan fingerprint density at radius 1 is 1.19 bits per heavy atom. The topological polar surface area (TPSA) is 91.8 Å². The lowest BCUT2D eigenvalue weighted by Crippen LogP contribution is -2.65. The molecule has 1 aromatic heterocycles. The van der Waals surface area contributed by atoms with Crippen molar-refractivity contribution in [2.45, 2.75) is 65.4 Å². The summed E-state index contributed by atoms with van der Waals surface area (Å²) in [5, 5.41) is 12.2. The van der Waals surface area contributed by atoms with Gasteiger partial charge in [-0.2, -0.15) is 8.78 Å². The van der Waals surface area contributed by atoms with Crippen LogP contribution in [0.15, 0.2) is 36.4 Å². The van der Waals surface area contributed by atoms with Crippen LogP contribution in [0.25, 0.3) is 0 Å². The maximum Gasteiger partial charge on any atom is 0.388 e. The van der Waals surface area contributed by atoms with Crippen molar-refractivity contribution >= 4 is 17.6 Å². The van der Waals surface area contributed by atoms with Gasteiger partial charge in [-0.25, -0.2) is 4.98 Å². The molecule has 3 rings (SSSR count). The molecule has 2 N–H and O–H groups in total. The van der Waals surface area contributed by atoms with Crippen molar-refractivity contribution in [1.29, 1.82) is 0 Å². The number of carboxylic acids is 1. The predicted molar refractivity (Wildman–Crippen MR) is 134 cm³/mol. The van der Waals surface area contributed by atoms with Gasteiger partial charge in [-0.1, -0.05) is 38.1 Å². The standard InChI is InChI=1S/C27H35F2N3O4/c1-17(2)19-9-6-7-10-20(19)27(15-32(16-27)14-8-13-26(4,5)24(34)35)23(33)31-21-12-11-18(3)30-22(21)36-25(28)29/h6-7,9-12,17,25H,8,13-16H2,1-5H3,(H,31,33)(H,34,35). The fourth-order valence-corrected chi connectivity index (χ4v) is 4.64. The average molecular weight is 504 g/mol. The van der Waals surface area contributed by atoms with E-state index >= 15 is 0 Å². The molecule has 1 aliphatic rings. The Labute approximate surface area is 210 Å². The number of rotatable bonds is 11. The molecular formula is C27H35F2N3O4. The normalized spacial score (nSPS) is 15.6. The molecule has 0 atom stereocenters. The number of pyridine rings is 1. The number of carboxylic acid groups (broad SMARTS) is 1. The molecular weight excluding hydrogens is 468 g/mol. The van der Waals surface area contributed by atoms with Gasteiger partial charge in [0.15, 0.2) is 0 Å². The summed E-state index contributed by atoms with van der Waals surface area (Å²) in [5.74, 6) is -1.30. The van der Waals surface area contributed by atoms with Crippen LogP contribution in [0, 0.1) is 12.3 Å². The van der Waals surface area contributed by atoms with Crippen molar-refractivity contribution < 1.29 is 28.2 Å². The van der Waals surface area contributed by atoms with Gasteiger partial charge in [0.05, 0.1) is 10.8 Å². The molecule has 0 bridgehead atoms. The summed E-state index contributed by atoms with van der Waals surface area (Å²) < 4.78 is 30.5. The van der Waals surface area contributed by atoms with E-state index in [0.717, 1.165) is 11.1 Å². The highest BCUT2D eigenvalue weighted by Crippen LogP contribution is 2.41. The molecule has 1 aliphatic heterocycles. The van der Waals surface area contributed by atoms with E-state index in [-0.39, 0.29) is 23.4 Å². The predicted octanol–water partition coefficient (Wildman–Crippen LogP) is 5.20. The second-order valence-corrected chi connectivity index (χ2v) is 10.5. The molecule has 1 amide bonds. The van der Waals surface area contributed by atoms with Crippen molar-refractivity contribution in [2.24, 2.45) is 5.41 Å². The van der Waals surface area contributed by atoms with Crippen molar-refractivity contribution in [3.63, 3.8) is 0 Å². The number of alkyl halides is 2. The summed E-state index contributed by atoms with van der Waals surface area (Å²) in [5.41, 5.74) is 0.817. The first-order valence-corrected chi connectivity index (χ1v) is 12.1. The zero-order chi connectivity index (χ0) is 26.7. The first kappa shape index (κ1) is 27.5. The minimum Gasteiger partial charge on any atom is -0.481 e. The molecule has 9 heteroatoms. The summed E-state index contributed by atoms with van der Waals surface area (Å²) in [6.45, 7) is 7.63. The molecule has 0 unspecified atom stereocenters. The summed E-state index contributed by atoms with van der Waals surface area (Å²) in [6.07, 6.45) is 1.20. The average Bonchev–Trinajstić information content (AvgIpc) is 2.76. The highest BCUT2D eigenvalue weighted by atomic mass is 19.3. The molecule has 196 valence electrons. The SMILES string of the molecule is Cc1ccc(NC(=O)C2(c3ccccc3C(C)C)CN(CCCC(C)(C)C(=O)O)C2)c(OC(F)F)n1. The summed E-state index contributed by atoms with van der Waals surface area (Å²) in [4.78, 5) is 31.4. The minimum atomic E-state index is -3.07. The molecule has 2 heterocycles. The van der Waals surface area contributed by atoms with E-state index in [1.165, 1.54) is 6.07 Å². The van der Waals surface area contributed by atoms with Gasteiger partial charge < -0.3 is 20.1 Å². The van der Waals surface area contributed by atoms with Crippen LogP contribution in [-0.4, -0.2) is 53.1 Å². The first-order chi connectivity index (χ1) is 16.9. The fourth-order valence-electron chi connectivity index (χ4n) is 4.64. The number of likely N-dealkylation sites (tertiary alicyclic amines) is 1. The van der Waals surface area contributed by atoms with Crippen LogP contribution in [0.4, 0.5) is 14.5 Å². The number of anilines is 1. The third-order valence-corrected chi connectivity index (χ3v) is 6.82. The maximum atomic E-state index is 13.8. The van der Waals surface area contributed by atoms with Crippen LogP contribution < -0.4 is 10.1 Å². The molecule has 1 fully saturated rings. The molecule has 0 spiro atoms. The second-order valence-electron chi connectivity index (χ2n) is 10.5. The third-order valence-electron chi connectivity index (χ3n) is 6.82. The number of benzene rings is 1. The van der Waals surface area contributed by atoms with Crippen molar-refractivity contribution in [3.05, 3.63) is 53.2 Å². The van der Waals surface area contributed by atoms with Crippen molar-refractivity contribution in [2.75, 3.05) is 25.0 Å². The van der Waals surface area contributed by atoms with Gasteiger partial charge in [0.2, 0.25) is 11.8 Å². The van der Waals surface area contributed by atoms with Crippen LogP contribution in [0.3, 0.4) is 0 Å². The van der Waals surface area contributed by atoms with E-state index in [0.29, 0.717) is 38.2 Å². The van der Waals surface area contributed by atoms with Gasteiger partial charge in [-0.15, -0.1) is 0 Å². The summed E-state index contributed by atoms with van der Waals surface area (Å²) in [6, 6.07) is 10.9. The van der Waals surface area contributed by atoms with Gasteiger partial charge in [-0.05, 0) is 69.3 Å². The highest BCUT2D eigenvalue weighted by Gasteiger charge is 2.51. The number of aliphatic carboxylic acids is 1. The number of hydrogen-bond donors (Lipinski definition) is 2. The van der Waals surface area contributed by atoms with Gasteiger partial charge in [-0.3, -0.25) is 9.59 Å². The lowest BCUT2D eigenvalue weighted by Gasteiger charge is -2.50.